The van der Waals surface area contributed by atoms with Crippen molar-refractivity contribution >= 4 is 39.0 Å². The second kappa shape index (κ2) is 9.78. The van der Waals surface area contributed by atoms with Gasteiger partial charge >= 0.3 is 0 Å². The highest BCUT2D eigenvalue weighted by Gasteiger charge is 2.31. The summed E-state index contributed by atoms with van der Waals surface area (Å²) >= 11 is 1.72. The zero-order valence-corrected chi connectivity index (χ0v) is 22.0. The van der Waals surface area contributed by atoms with Crippen molar-refractivity contribution in [1.82, 2.24) is 19.7 Å². The molecular formula is C26H36N6O2S. The summed E-state index contributed by atoms with van der Waals surface area (Å²) in [4.78, 5) is 20.2. The predicted octanol–water partition coefficient (Wildman–Crippen LogP) is 5.35. The molecule has 1 atom stereocenters. The van der Waals surface area contributed by atoms with Crippen LogP contribution >= 0.6 is 11.3 Å². The summed E-state index contributed by atoms with van der Waals surface area (Å²) in [5.74, 6) is 1.34. The van der Waals surface area contributed by atoms with Crippen LogP contribution in [0.1, 0.15) is 59.1 Å². The number of carbonyl (C=O) groups is 1. The van der Waals surface area contributed by atoms with E-state index in [9.17, 15) is 4.79 Å². The maximum atomic E-state index is 12.3. The number of aromatic nitrogens is 3. The molecule has 2 N–H and O–H groups in total. The normalized spacial score (nSPS) is 18.6. The van der Waals surface area contributed by atoms with Crippen molar-refractivity contribution in [2.24, 2.45) is 5.92 Å². The molecule has 0 bridgehead atoms. The van der Waals surface area contributed by atoms with Crippen molar-refractivity contribution in [2.45, 2.75) is 64.6 Å². The van der Waals surface area contributed by atoms with E-state index in [-0.39, 0.29) is 23.6 Å². The van der Waals surface area contributed by atoms with Crippen LogP contribution in [-0.2, 0) is 9.53 Å². The van der Waals surface area contributed by atoms with Crippen molar-refractivity contribution < 1.29 is 9.53 Å². The average Bonchev–Trinajstić information content (AvgIpc) is 3.39. The summed E-state index contributed by atoms with van der Waals surface area (Å²) in [6, 6.07) is 6.29. The van der Waals surface area contributed by atoms with Gasteiger partial charge < -0.3 is 20.3 Å². The standard InChI is InChI=1S/C26H36N6O2S/c1-26(2,3)30-22-16-18(27-12-13-31(4)25(33)17-8-9-17)24-19(29-22)15-21(35-24)20-10-11-28-32(20)23-7-5-6-14-34-23/h10-11,15-17,23H,5-9,12-14H2,1-4H3,(H2,27,29,30). The molecule has 8 nitrogen and oxygen atoms in total. The third-order valence-electron chi connectivity index (χ3n) is 6.40. The van der Waals surface area contributed by atoms with Crippen LogP contribution in [0.3, 0.4) is 0 Å². The number of fused-ring (bicyclic) bond motifs is 1. The number of pyridine rings is 1. The Bertz CT molecular complexity index is 1190. The molecule has 9 heteroatoms. The van der Waals surface area contributed by atoms with Crippen molar-refractivity contribution in [3.8, 4) is 10.6 Å². The number of hydrogen-bond acceptors (Lipinski definition) is 7. The monoisotopic (exact) mass is 496 g/mol. The first-order valence-electron chi connectivity index (χ1n) is 12.7. The molecule has 0 aromatic carbocycles. The van der Waals surface area contributed by atoms with Crippen LogP contribution < -0.4 is 10.6 Å². The van der Waals surface area contributed by atoms with Crippen LogP contribution in [-0.4, -0.2) is 57.9 Å². The molecule has 0 spiro atoms. The minimum absolute atomic E-state index is 0.0119. The first kappa shape index (κ1) is 24.1. The first-order valence-corrected chi connectivity index (χ1v) is 13.5. The fourth-order valence-corrected chi connectivity index (χ4v) is 5.60. The highest BCUT2D eigenvalue weighted by atomic mass is 32.1. The van der Waals surface area contributed by atoms with E-state index in [0.717, 1.165) is 71.0 Å². The van der Waals surface area contributed by atoms with Crippen LogP contribution in [0, 0.1) is 5.92 Å². The third-order valence-corrected chi connectivity index (χ3v) is 7.58. The third kappa shape index (κ3) is 5.62. The lowest BCUT2D eigenvalue weighted by Crippen LogP contribution is -2.32. The Morgan fingerprint density at radius 3 is 2.80 bits per heavy atom. The van der Waals surface area contributed by atoms with E-state index in [1.807, 2.05) is 22.8 Å². The fraction of sp³-hybridized carbons (Fsp3) is 0.577. The Balaban J connectivity index is 1.42. The Labute approximate surface area is 211 Å². The molecule has 0 radical (unpaired) electrons. The number of ether oxygens (including phenoxy) is 1. The van der Waals surface area contributed by atoms with Crippen molar-refractivity contribution in [3.05, 3.63) is 24.4 Å². The number of carbonyl (C=O) groups excluding carboxylic acids is 1. The van der Waals surface area contributed by atoms with Gasteiger partial charge in [-0.3, -0.25) is 4.79 Å². The van der Waals surface area contributed by atoms with E-state index in [2.05, 4.69) is 54.7 Å². The maximum absolute atomic E-state index is 12.3. The van der Waals surface area contributed by atoms with E-state index in [4.69, 9.17) is 9.72 Å². The second-order valence-electron chi connectivity index (χ2n) is 10.7. The van der Waals surface area contributed by atoms with Gasteiger partial charge in [0.05, 0.1) is 26.5 Å². The Morgan fingerprint density at radius 2 is 2.09 bits per heavy atom. The number of amides is 1. The molecule has 1 aliphatic heterocycles. The quantitative estimate of drug-likeness (QED) is 0.437. The molecule has 188 valence electrons. The van der Waals surface area contributed by atoms with E-state index in [1.54, 1.807) is 11.3 Å². The summed E-state index contributed by atoms with van der Waals surface area (Å²) in [6.07, 6.45) is 7.15. The molecule has 1 aliphatic carbocycles. The lowest BCUT2D eigenvalue weighted by Gasteiger charge is -2.24. The number of hydrogen-bond donors (Lipinski definition) is 2. The topological polar surface area (TPSA) is 84.3 Å². The number of nitrogens with zero attached hydrogens (tertiary/aromatic N) is 4. The molecule has 1 saturated carbocycles. The van der Waals surface area contributed by atoms with Crippen LogP contribution in [0.25, 0.3) is 20.8 Å². The first-order chi connectivity index (χ1) is 16.8. The van der Waals surface area contributed by atoms with Crippen LogP contribution in [0.5, 0.6) is 0 Å². The molecule has 1 saturated heterocycles. The van der Waals surface area contributed by atoms with Gasteiger partial charge in [0.2, 0.25) is 5.91 Å². The number of nitrogens with one attached hydrogen (secondary N) is 2. The average molecular weight is 497 g/mol. The van der Waals surface area contributed by atoms with E-state index >= 15 is 0 Å². The summed E-state index contributed by atoms with van der Waals surface area (Å²) in [6.45, 7) is 8.53. The number of likely N-dealkylation sites (N-methyl/N-ethyl adjacent to an activating group) is 1. The Kier molecular flexibility index (Phi) is 6.72. The van der Waals surface area contributed by atoms with Gasteiger partial charge in [0, 0.05) is 50.5 Å². The second-order valence-corrected chi connectivity index (χ2v) is 11.8. The van der Waals surface area contributed by atoms with Crippen LogP contribution in [0.2, 0.25) is 0 Å². The molecule has 5 rings (SSSR count). The van der Waals surface area contributed by atoms with Gasteiger partial charge in [-0.25, -0.2) is 9.67 Å². The highest BCUT2D eigenvalue weighted by molar-refractivity contribution is 7.22. The van der Waals surface area contributed by atoms with Crippen molar-refractivity contribution in [2.75, 3.05) is 37.4 Å². The number of rotatable bonds is 8. The van der Waals surface area contributed by atoms with Crippen LogP contribution in [0.15, 0.2) is 24.4 Å². The van der Waals surface area contributed by atoms with Gasteiger partial charge in [-0.1, -0.05) is 0 Å². The van der Waals surface area contributed by atoms with E-state index < -0.39 is 0 Å². The molecule has 35 heavy (non-hydrogen) atoms. The van der Waals surface area contributed by atoms with Gasteiger partial charge in [-0.15, -0.1) is 11.3 Å². The molecule has 2 fully saturated rings. The summed E-state index contributed by atoms with van der Waals surface area (Å²) < 4.78 is 9.13. The number of thiophene rings is 1. The molecule has 1 unspecified atom stereocenters. The lowest BCUT2D eigenvalue weighted by atomic mass is 10.1. The molecular weight excluding hydrogens is 460 g/mol. The lowest BCUT2D eigenvalue weighted by molar-refractivity contribution is -0.131. The van der Waals surface area contributed by atoms with Gasteiger partial charge in [-0.05, 0) is 65.0 Å². The number of anilines is 2. The summed E-state index contributed by atoms with van der Waals surface area (Å²) in [5.41, 5.74) is 2.93. The predicted molar refractivity (Wildman–Crippen MR) is 142 cm³/mol. The SMILES string of the molecule is CN(CCNc1cc(NC(C)(C)C)nc2cc(-c3ccnn3C3CCCCO3)sc12)C(=O)C1CC1. The van der Waals surface area contributed by atoms with Gasteiger partial charge in [0.25, 0.3) is 0 Å². The summed E-state index contributed by atoms with van der Waals surface area (Å²) in [5, 5.41) is 11.7. The van der Waals surface area contributed by atoms with Gasteiger partial charge in [-0.2, -0.15) is 5.10 Å². The van der Waals surface area contributed by atoms with Crippen molar-refractivity contribution in [1.29, 1.82) is 0 Å². The molecule has 3 aromatic rings. The van der Waals surface area contributed by atoms with Crippen molar-refractivity contribution in [3.63, 3.8) is 0 Å². The molecule has 3 aromatic heterocycles. The minimum Gasteiger partial charge on any atom is -0.382 e. The van der Waals surface area contributed by atoms with Gasteiger partial charge in [0.15, 0.2) is 6.23 Å². The van der Waals surface area contributed by atoms with Gasteiger partial charge in [0.1, 0.15) is 5.82 Å². The molecule has 4 heterocycles. The Morgan fingerprint density at radius 1 is 1.26 bits per heavy atom. The summed E-state index contributed by atoms with van der Waals surface area (Å²) in [7, 11) is 1.90. The smallest absolute Gasteiger partial charge is 0.225 e. The van der Waals surface area contributed by atoms with E-state index in [1.165, 1.54) is 0 Å². The molecule has 1 amide bonds. The largest absolute Gasteiger partial charge is 0.382 e. The van der Waals surface area contributed by atoms with Crippen LogP contribution in [0.4, 0.5) is 11.5 Å². The Hall–Kier alpha value is -2.65. The molecule has 2 aliphatic rings. The minimum atomic E-state index is -0.107. The highest BCUT2D eigenvalue weighted by Crippen LogP contribution is 2.39. The maximum Gasteiger partial charge on any atom is 0.225 e. The zero-order valence-electron chi connectivity index (χ0n) is 21.1. The fourth-order valence-electron chi connectivity index (χ4n) is 4.49. The zero-order chi connectivity index (χ0) is 24.6. The van der Waals surface area contributed by atoms with E-state index in [0.29, 0.717) is 13.1 Å².